The number of amides is 2. The number of H-pyrrole nitrogens is 2. The van der Waals surface area contributed by atoms with Crippen LogP contribution in [0, 0.1) is 25.7 Å². The summed E-state index contributed by atoms with van der Waals surface area (Å²) < 4.78 is 0. The molecular formula is C33H40N4O6S2. The normalized spacial score (nSPS) is 21.9. The van der Waals surface area contributed by atoms with Crippen molar-refractivity contribution < 1.29 is 29.4 Å². The number of nitrogens with one attached hydrogen (secondary N) is 4. The molecule has 1 saturated heterocycles. The highest BCUT2D eigenvalue weighted by Gasteiger charge is 2.34. The monoisotopic (exact) mass is 652 g/mol. The Morgan fingerprint density at radius 3 is 2.20 bits per heavy atom. The Morgan fingerprint density at radius 2 is 1.58 bits per heavy atom. The van der Waals surface area contributed by atoms with E-state index in [0.29, 0.717) is 22.4 Å². The Labute approximate surface area is 272 Å². The van der Waals surface area contributed by atoms with Gasteiger partial charge in [-0.15, -0.1) is 0 Å². The van der Waals surface area contributed by atoms with Crippen LogP contribution in [0.15, 0.2) is 28.3 Å². The molecule has 10 nitrogen and oxygen atoms in total. The van der Waals surface area contributed by atoms with Crippen LogP contribution in [0.3, 0.4) is 0 Å². The largest absolute Gasteiger partial charge is 0.481 e. The van der Waals surface area contributed by atoms with E-state index in [4.69, 9.17) is 0 Å². The zero-order chi connectivity index (χ0) is 33.0. The van der Waals surface area contributed by atoms with Crippen LogP contribution in [0.4, 0.5) is 0 Å². The fourth-order valence-corrected chi connectivity index (χ4v) is 6.53. The number of hydrogen-bond donors (Lipinski definition) is 8. The van der Waals surface area contributed by atoms with Gasteiger partial charge in [-0.05, 0) is 103 Å². The van der Waals surface area contributed by atoms with Crippen LogP contribution >= 0.6 is 25.3 Å². The molecule has 3 atom stereocenters. The molecule has 0 saturated carbocycles. The zero-order valence-corrected chi connectivity index (χ0v) is 27.6. The molecular weight excluding hydrogens is 613 g/mol. The molecule has 0 aliphatic carbocycles. The summed E-state index contributed by atoms with van der Waals surface area (Å²) in [4.78, 5) is 55.0. The minimum absolute atomic E-state index is 0.00303. The molecule has 4 heterocycles. The Kier molecular flexibility index (Phi) is 10.9. The molecule has 4 rings (SSSR count). The number of aromatic amines is 2. The van der Waals surface area contributed by atoms with E-state index in [1.165, 1.54) is 5.41 Å². The summed E-state index contributed by atoms with van der Waals surface area (Å²) >= 11 is 8.48. The van der Waals surface area contributed by atoms with E-state index in [-0.39, 0.29) is 55.4 Å². The van der Waals surface area contributed by atoms with Gasteiger partial charge >= 0.3 is 11.9 Å². The van der Waals surface area contributed by atoms with E-state index in [2.05, 4.69) is 45.9 Å². The lowest BCUT2D eigenvalue weighted by Gasteiger charge is -2.12. The Morgan fingerprint density at radius 1 is 0.911 bits per heavy atom. The standard InChI is InChI=1S/C33H40N4O6S2/c1-16-20(5-7-30(38)39)27(34-24(16)13-26-18(3)23(10-12-45)33(43)36-26)15-28-21(6-8-31(40)41)17(2)25(35-28)14-29-22(9-11-44)19(4)32(42)37-29/h10,12-15,19,22,26,34-35,44-45H,5-9,11H2,1-4H3,(H,36,43)(H,37,42)(H,38,39)(H,40,41)/b12-10+,24-13-,27-15-,29-14-/t19-,22-,26-/m1/s1. The molecule has 6 N–H and O–H groups in total. The lowest BCUT2D eigenvalue weighted by Crippen LogP contribution is -2.29. The maximum atomic E-state index is 12.5. The van der Waals surface area contributed by atoms with E-state index in [1.54, 1.807) is 6.08 Å². The Balaban J connectivity index is 1.88. The molecule has 12 heteroatoms. The maximum absolute atomic E-state index is 12.5. The van der Waals surface area contributed by atoms with E-state index in [1.807, 2.05) is 45.9 Å². The van der Waals surface area contributed by atoms with Crippen LogP contribution in [0.5, 0.6) is 0 Å². The molecule has 0 unspecified atom stereocenters. The molecule has 45 heavy (non-hydrogen) atoms. The van der Waals surface area contributed by atoms with Gasteiger partial charge < -0.3 is 30.8 Å². The van der Waals surface area contributed by atoms with Crippen molar-refractivity contribution in [1.29, 1.82) is 0 Å². The third kappa shape index (κ3) is 7.50. The van der Waals surface area contributed by atoms with Gasteiger partial charge in [0.2, 0.25) is 5.91 Å². The number of rotatable bonds is 12. The average molecular weight is 653 g/mol. The summed E-state index contributed by atoms with van der Waals surface area (Å²) in [6.07, 6.45) is 8.50. The van der Waals surface area contributed by atoms with Gasteiger partial charge in [0.15, 0.2) is 0 Å². The SMILES string of the molecule is CC1=C(/C=C/S)C(=O)N[C@@H]1/C=c1\[nH]/c(=C\c2[nH]c(/C=C3\NC(=O)[C@H](C)[C@H]3CCS)c(C)c2CCC(=O)O)c(CCC(=O)O)c1C. The lowest BCUT2D eigenvalue weighted by atomic mass is 9.91. The summed E-state index contributed by atoms with van der Waals surface area (Å²) in [6.45, 7) is 7.61. The molecule has 2 aliphatic heterocycles. The molecule has 240 valence electrons. The van der Waals surface area contributed by atoms with E-state index in [0.717, 1.165) is 51.0 Å². The number of aliphatic carboxylic acids is 2. The van der Waals surface area contributed by atoms with Crippen LogP contribution in [0.1, 0.15) is 66.8 Å². The van der Waals surface area contributed by atoms with Gasteiger partial charge in [0.25, 0.3) is 5.91 Å². The fraction of sp³-hybridized carbons (Fsp3) is 0.394. The topological polar surface area (TPSA) is 164 Å². The number of carboxylic acids is 2. The van der Waals surface area contributed by atoms with Crippen molar-refractivity contribution >= 4 is 67.2 Å². The number of carboxylic acid groups (broad SMARTS) is 2. The van der Waals surface area contributed by atoms with Crippen molar-refractivity contribution in [2.75, 3.05) is 5.75 Å². The van der Waals surface area contributed by atoms with Crippen molar-refractivity contribution in [2.45, 2.75) is 65.8 Å². The second-order valence-corrected chi connectivity index (χ2v) is 12.3. The van der Waals surface area contributed by atoms with Gasteiger partial charge in [-0.3, -0.25) is 19.2 Å². The second-order valence-electron chi connectivity index (χ2n) is 11.6. The van der Waals surface area contributed by atoms with Crippen LogP contribution in [-0.2, 0) is 32.0 Å². The summed E-state index contributed by atoms with van der Waals surface area (Å²) in [6, 6.07) is -0.360. The molecule has 0 radical (unpaired) electrons. The van der Waals surface area contributed by atoms with Gasteiger partial charge in [-0.2, -0.15) is 25.3 Å². The van der Waals surface area contributed by atoms with Crippen molar-refractivity contribution in [3.63, 3.8) is 0 Å². The maximum Gasteiger partial charge on any atom is 0.303 e. The molecule has 0 bridgehead atoms. The first kappa shape index (κ1) is 34.0. The van der Waals surface area contributed by atoms with E-state index < -0.39 is 11.9 Å². The number of hydrogen-bond acceptors (Lipinski definition) is 6. The van der Waals surface area contributed by atoms with Crippen molar-refractivity contribution in [3.05, 3.63) is 72.7 Å². The predicted octanol–water partition coefficient (Wildman–Crippen LogP) is 2.90. The Hall–Kier alpha value is -3.90. The summed E-state index contributed by atoms with van der Waals surface area (Å²) in [5.41, 5.74) is 7.00. The van der Waals surface area contributed by atoms with Crippen molar-refractivity contribution in [3.8, 4) is 0 Å². The third-order valence-electron chi connectivity index (χ3n) is 8.79. The zero-order valence-electron chi connectivity index (χ0n) is 25.8. The highest BCUT2D eigenvalue weighted by molar-refractivity contribution is 7.83. The van der Waals surface area contributed by atoms with Gasteiger partial charge in [0, 0.05) is 58.0 Å². The number of aromatic nitrogens is 2. The van der Waals surface area contributed by atoms with Gasteiger partial charge in [-0.1, -0.05) is 6.92 Å². The quantitative estimate of drug-likeness (QED) is 0.164. The summed E-state index contributed by atoms with van der Waals surface area (Å²) in [5, 5.41) is 27.9. The first-order valence-electron chi connectivity index (χ1n) is 14.9. The number of thiol groups is 2. The lowest BCUT2D eigenvalue weighted by molar-refractivity contribution is -0.138. The van der Waals surface area contributed by atoms with E-state index in [9.17, 15) is 29.4 Å². The molecule has 1 fully saturated rings. The Bertz CT molecular complexity index is 1750. The van der Waals surface area contributed by atoms with Crippen LogP contribution in [0.25, 0.3) is 18.2 Å². The second kappa shape index (κ2) is 14.5. The van der Waals surface area contributed by atoms with Gasteiger partial charge in [0.1, 0.15) is 0 Å². The number of carbonyl (C=O) groups is 4. The molecule has 2 aliphatic rings. The summed E-state index contributed by atoms with van der Waals surface area (Å²) in [7, 11) is 0. The highest BCUT2D eigenvalue weighted by Crippen LogP contribution is 2.32. The first-order valence-corrected chi connectivity index (χ1v) is 16.0. The molecule has 0 aromatic carbocycles. The smallest absolute Gasteiger partial charge is 0.303 e. The third-order valence-corrected chi connectivity index (χ3v) is 9.20. The summed E-state index contributed by atoms with van der Waals surface area (Å²) in [5.74, 6) is -1.64. The molecule has 2 aromatic heterocycles. The highest BCUT2D eigenvalue weighted by atomic mass is 32.1. The van der Waals surface area contributed by atoms with Crippen LogP contribution in [-0.4, -0.2) is 55.7 Å². The minimum Gasteiger partial charge on any atom is -0.481 e. The molecule has 0 spiro atoms. The molecule has 2 amide bonds. The van der Waals surface area contributed by atoms with Crippen LogP contribution in [0.2, 0.25) is 0 Å². The van der Waals surface area contributed by atoms with Crippen molar-refractivity contribution in [2.24, 2.45) is 11.8 Å². The minimum atomic E-state index is -0.924. The van der Waals surface area contributed by atoms with E-state index >= 15 is 0 Å². The van der Waals surface area contributed by atoms with Crippen molar-refractivity contribution in [1.82, 2.24) is 20.6 Å². The predicted molar refractivity (Wildman–Crippen MR) is 180 cm³/mol. The van der Waals surface area contributed by atoms with Crippen LogP contribution < -0.4 is 21.3 Å². The number of allylic oxidation sites excluding steroid dienone is 1. The average Bonchev–Trinajstić information content (AvgIpc) is 3.61. The van der Waals surface area contributed by atoms with Gasteiger partial charge in [0.05, 0.1) is 6.04 Å². The van der Waals surface area contributed by atoms with Gasteiger partial charge in [-0.25, -0.2) is 0 Å². The fourth-order valence-electron chi connectivity index (χ4n) is 6.10. The molecule has 2 aromatic rings. The first-order chi connectivity index (χ1) is 21.4. The number of carbonyl (C=O) groups excluding carboxylic acids is 2.